The SMILES string of the molecule is CC(c1cccc(F)c1)c1cc(Br)sc1C=O. The minimum absolute atomic E-state index is 0.00782. The van der Waals surface area contributed by atoms with Crippen LogP contribution in [0, 0.1) is 5.82 Å². The quantitative estimate of drug-likeness (QED) is 0.756. The number of carbonyl (C=O) groups excluding carboxylic acids is 1. The summed E-state index contributed by atoms with van der Waals surface area (Å²) in [4.78, 5) is 11.6. The maximum atomic E-state index is 13.2. The van der Waals surface area contributed by atoms with Gasteiger partial charge in [-0.25, -0.2) is 4.39 Å². The third-order valence-corrected chi connectivity index (χ3v) is 4.26. The van der Waals surface area contributed by atoms with E-state index >= 15 is 0 Å². The first-order chi connectivity index (χ1) is 8.11. The molecule has 0 aliphatic carbocycles. The highest BCUT2D eigenvalue weighted by atomic mass is 79.9. The lowest BCUT2D eigenvalue weighted by molar-refractivity contribution is 0.112. The van der Waals surface area contributed by atoms with Gasteiger partial charge in [0.05, 0.1) is 8.66 Å². The Labute approximate surface area is 111 Å². The molecule has 2 aromatic rings. The first-order valence-corrected chi connectivity index (χ1v) is 6.72. The van der Waals surface area contributed by atoms with Gasteiger partial charge in [0.15, 0.2) is 6.29 Å². The van der Waals surface area contributed by atoms with Gasteiger partial charge in [-0.15, -0.1) is 11.3 Å². The number of hydrogen-bond acceptors (Lipinski definition) is 2. The molecule has 0 N–H and O–H groups in total. The molecule has 0 saturated carbocycles. The van der Waals surface area contributed by atoms with Gasteiger partial charge in [-0.1, -0.05) is 19.1 Å². The molecule has 1 atom stereocenters. The van der Waals surface area contributed by atoms with Crippen LogP contribution in [0.15, 0.2) is 34.1 Å². The van der Waals surface area contributed by atoms with E-state index in [4.69, 9.17) is 0 Å². The van der Waals surface area contributed by atoms with Crippen LogP contribution in [-0.4, -0.2) is 6.29 Å². The highest BCUT2D eigenvalue weighted by Gasteiger charge is 2.16. The predicted octanol–water partition coefficient (Wildman–Crippen LogP) is 4.61. The molecule has 0 aliphatic heterocycles. The summed E-state index contributed by atoms with van der Waals surface area (Å²) >= 11 is 4.76. The molecule has 1 nitrogen and oxygen atoms in total. The summed E-state index contributed by atoms with van der Waals surface area (Å²) in [5.74, 6) is -0.246. The Balaban J connectivity index is 2.42. The summed E-state index contributed by atoms with van der Waals surface area (Å²) in [6.45, 7) is 1.97. The van der Waals surface area contributed by atoms with Gasteiger partial charge in [-0.3, -0.25) is 4.79 Å². The van der Waals surface area contributed by atoms with E-state index in [2.05, 4.69) is 15.9 Å². The fourth-order valence-corrected chi connectivity index (χ4v) is 3.34. The minimum atomic E-state index is -0.253. The number of thiophene rings is 1. The van der Waals surface area contributed by atoms with Crippen LogP contribution in [0.4, 0.5) is 4.39 Å². The molecular formula is C13H10BrFOS. The van der Waals surface area contributed by atoms with Crippen LogP contribution in [0.1, 0.15) is 33.6 Å². The Morgan fingerprint density at radius 3 is 2.82 bits per heavy atom. The first kappa shape index (κ1) is 12.5. The lowest BCUT2D eigenvalue weighted by atomic mass is 9.94. The zero-order valence-electron chi connectivity index (χ0n) is 9.11. The highest BCUT2D eigenvalue weighted by molar-refractivity contribution is 9.11. The van der Waals surface area contributed by atoms with E-state index in [9.17, 15) is 9.18 Å². The van der Waals surface area contributed by atoms with Crippen molar-refractivity contribution in [3.63, 3.8) is 0 Å². The summed E-state index contributed by atoms with van der Waals surface area (Å²) in [7, 11) is 0. The standard InChI is InChI=1S/C13H10BrFOS/c1-8(9-3-2-4-10(15)5-9)11-6-13(14)17-12(11)7-16/h2-8H,1H3. The summed E-state index contributed by atoms with van der Waals surface area (Å²) in [6, 6.07) is 8.40. The predicted molar refractivity (Wildman–Crippen MR) is 71.3 cm³/mol. The maximum absolute atomic E-state index is 13.2. The van der Waals surface area contributed by atoms with E-state index < -0.39 is 0 Å². The minimum Gasteiger partial charge on any atom is -0.297 e. The van der Waals surface area contributed by atoms with Crippen LogP contribution in [-0.2, 0) is 0 Å². The van der Waals surface area contributed by atoms with Gasteiger partial charge in [0.2, 0.25) is 0 Å². The monoisotopic (exact) mass is 312 g/mol. The van der Waals surface area contributed by atoms with Gasteiger partial charge in [0.25, 0.3) is 0 Å². The molecule has 0 fully saturated rings. The summed E-state index contributed by atoms with van der Waals surface area (Å²) in [5, 5.41) is 0. The molecule has 0 bridgehead atoms. The molecule has 0 saturated heterocycles. The summed E-state index contributed by atoms with van der Waals surface area (Å²) in [5.41, 5.74) is 1.81. The smallest absolute Gasteiger partial charge is 0.160 e. The van der Waals surface area contributed by atoms with Crippen molar-refractivity contribution < 1.29 is 9.18 Å². The first-order valence-electron chi connectivity index (χ1n) is 5.11. The highest BCUT2D eigenvalue weighted by Crippen LogP contribution is 2.34. The summed E-state index contributed by atoms with van der Waals surface area (Å²) in [6.07, 6.45) is 0.848. The van der Waals surface area contributed by atoms with Crippen molar-refractivity contribution in [3.8, 4) is 0 Å². The molecule has 0 radical (unpaired) electrons. The van der Waals surface area contributed by atoms with Crippen LogP contribution in [0.25, 0.3) is 0 Å². The zero-order valence-corrected chi connectivity index (χ0v) is 11.5. The summed E-state index contributed by atoms with van der Waals surface area (Å²) < 4.78 is 14.1. The number of rotatable bonds is 3. The van der Waals surface area contributed by atoms with E-state index in [0.717, 1.165) is 21.2 Å². The molecule has 1 aromatic carbocycles. The average molecular weight is 313 g/mol. The van der Waals surface area contributed by atoms with Crippen LogP contribution in [0.3, 0.4) is 0 Å². The molecule has 1 aromatic heterocycles. The Morgan fingerprint density at radius 2 is 2.18 bits per heavy atom. The van der Waals surface area contributed by atoms with Gasteiger partial charge >= 0.3 is 0 Å². The van der Waals surface area contributed by atoms with Gasteiger partial charge < -0.3 is 0 Å². The topological polar surface area (TPSA) is 17.1 Å². The molecule has 88 valence electrons. The number of aldehydes is 1. The average Bonchev–Trinajstić information content (AvgIpc) is 2.69. The van der Waals surface area contributed by atoms with E-state index in [1.807, 2.05) is 19.1 Å². The van der Waals surface area contributed by atoms with E-state index in [0.29, 0.717) is 4.88 Å². The molecule has 1 unspecified atom stereocenters. The van der Waals surface area contributed by atoms with Crippen molar-refractivity contribution in [1.82, 2.24) is 0 Å². The second-order valence-electron chi connectivity index (χ2n) is 3.76. The number of benzene rings is 1. The van der Waals surface area contributed by atoms with Crippen LogP contribution in [0.5, 0.6) is 0 Å². The molecule has 1 heterocycles. The van der Waals surface area contributed by atoms with E-state index in [1.54, 1.807) is 6.07 Å². The molecule has 17 heavy (non-hydrogen) atoms. The van der Waals surface area contributed by atoms with E-state index in [-0.39, 0.29) is 11.7 Å². The number of hydrogen-bond donors (Lipinski definition) is 0. The Bertz CT molecular complexity index is 550. The Hall–Kier alpha value is -1.000. The Morgan fingerprint density at radius 1 is 1.41 bits per heavy atom. The molecule has 0 amide bonds. The van der Waals surface area contributed by atoms with Crippen molar-refractivity contribution in [3.05, 3.63) is 55.9 Å². The fraction of sp³-hybridized carbons (Fsp3) is 0.154. The third-order valence-electron chi connectivity index (χ3n) is 2.68. The van der Waals surface area contributed by atoms with Crippen LogP contribution < -0.4 is 0 Å². The number of carbonyl (C=O) groups is 1. The lowest BCUT2D eigenvalue weighted by Crippen LogP contribution is -1.97. The van der Waals surface area contributed by atoms with Gasteiger partial charge in [-0.05, 0) is 45.3 Å². The van der Waals surface area contributed by atoms with Crippen molar-refractivity contribution in [2.75, 3.05) is 0 Å². The third kappa shape index (κ3) is 2.64. The molecular weight excluding hydrogens is 303 g/mol. The largest absolute Gasteiger partial charge is 0.297 e. The van der Waals surface area contributed by atoms with Crippen molar-refractivity contribution in [1.29, 1.82) is 0 Å². The van der Waals surface area contributed by atoms with Crippen molar-refractivity contribution in [2.45, 2.75) is 12.8 Å². The second-order valence-corrected chi connectivity index (χ2v) is 6.23. The molecule has 0 spiro atoms. The van der Waals surface area contributed by atoms with Crippen LogP contribution in [0.2, 0.25) is 0 Å². The molecule has 4 heteroatoms. The normalized spacial score (nSPS) is 12.4. The molecule has 2 rings (SSSR count). The zero-order chi connectivity index (χ0) is 12.4. The molecule has 0 aliphatic rings. The van der Waals surface area contributed by atoms with Gasteiger partial charge in [0, 0.05) is 5.92 Å². The van der Waals surface area contributed by atoms with Crippen molar-refractivity contribution in [2.24, 2.45) is 0 Å². The number of halogens is 2. The second kappa shape index (κ2) is 5.10. The maximum Gasteiger partial charge on any atom is 0.160 e. The van der Waals surface area contributed by atoms with Crippen LogP contribution >= 0.6 is 27.3 Å². The van der Waals surface area contributed by atoms with Crippen molar-refractivity contribution >= 4 is 33.6 Å². The van der Waals surface area contributed by atoms with Gasteiger partial charge in [0.1, 0.15) is 5.82 Å². The lowest BCUT2D eigenvalue weighted by Gasteiger charge is -2.11. The van der Waals surface area contributed by atoms with Gasteiger partial charge in [-0.2, -0.15) is 0 Å². The fourth-order valence-electron chi connectivity index (χ4n) is 1.77. The van der Waals surface area contributed by atoms with E-state index in [1.165, 1.54) is 23.5 Å². The Kier molecular flexibility index (Phi) is 3.74.